The van der Waals surface area contributed by atoms with Gasteiger partial charge in [0.1, 0.15) is 0 Å². The SMILES string of the molecule is COc1ccc(CN(C)C(=O)CCCn2c(=O)oc3ccccc32)cc1OC. The molecule has 0 aliphatic rings. The minimum absolute atomic E-state index is 0.00985. The van der Waals surface area contributed by atoms with Crippen molar-refractivity contribution < 1.29 is 18.7 Å². The van der Waals surface area contributed by atoms with Crippen molar-refractivity contribution in [2.24, 2.45) is 0 Å². The summed E-state index contributed by atoms with van der Waals surface area (Å²) in [5.41, 5.74) is 2.26. The van der Waals surface area contributed by atoms with Crippen LogP contribution in [-0.4, -0.2) is 36.6 Å². The zero-order valence-electron chi connectivity index (χ0n) is 16.3. The van der Waals surface area contributed by atoms with Crippen molar-refractivity contribution in [1.82, 2.24) is 9.47 Å². The number of rotatable bonds is 8. The molecule has 0 aliphatic carbocycles. The molecule has 0 spiro atoms. The van der Waals surface area contributed by atoms with Crippen molar-refractivity contribution in [3.8, 4) is 11.5 Å². The summed E-state index contributed by atoms with van der Waals surface area (Å²) in [6.07, 6.45) is 0.897. The molecule has 0 saturated carbocycles. The monoisotopic (exact) mass is 384 g/mol. The molecule has 2 aromatic carbocycles. The van der Waals surface area contributed by atoms with E-state index in [4.69, 9.17) is 13.9 Å². The van der Waals surface area contributed by atoms with Crippen LogP contribution in [0.3, 0.4) is 0 Å². The van der Waals surface area contributed by atoms with E-state index < -0.39 is 5.76 Å². The summed E-state index contributed by atoms with van der Waals surface area (Å²) < 4.78 is 17.3. The fraction of sp³-hybridized carbons (Fsp3) is 0.333. The molecule has 1 aromatic heterocycles. The first kappa shape index (κ1) is 19.5. The third-order valence-electron chi connectivity index (χ3n) is 4.64. The minimum Gasteiger partial charge on any atom is -0.493 e. The van der Waals surface area contributed by atoms with Crippen LogP contribution in [0.15, 0.2) is 51.7 Å². The number of nitrogens with zero attached hydrogens (tertiary/aromatic N) is 2. The first-order valence-corrected chi connectivity index (χ1v) is 9.06. The number of hydrogen-bond donors (Lipinski definition) is 0. The van der Waals surface area contributed by atoms with Crippen LogP contribution in [0.4, 0.5) is 0 Å². The van der Waals surface area contributed by atoms with Crippen LogP contribution in [0, 0.1) is 0 Å². The second-order valence-electron chi connectivity index (χ2n) is 6.53. The molecular weight excluding hydrogens is 360 g/mol. The average molecular weight is 384 g/mol. The van der Waals surface area contributed by atoms with Crippen molar-refractivity contribution in [1.29, 1.82) is 0 Å². The molecule has 3 aromatic rings. The van der Waals surface area contributed by atoms with Gasteiger partial charge in [-0.2, -0.15) is 0 Å². The van der Waals surface area contributed by atoms with E-state index in [-0.39, 0.29) is 5.91 Å². The van der Waals surface area contributed by atoms with Crippen LogP contribution < -0.4 is 15.2 Å². The smallest absolute Gasteiger partial charge is 0.419 e. The Labute approximate surface area is 163 Å². The first-order valence-electron chi connectivity index (χ1n) is 9.06. The topological polar surface area (TPSA) is 73.9 Å². The van der Waals surface area contributed by atoms with Crippen LogP contribution in [0.2, 0.25) is 0 Å². The lowest BCUT2D eigenvalue weighted by molar-refractivity contribution is -0.130. The Morgan fingerprint density at radius 3 is 2.61 bits per heavy atom. The molecule has 7 nitrogen and oxygen atoms in total. The number of para-hydroxylation sites is 2. The maximum atomic E-state index is 12.5. The highest BCUT2D eigenvalue weighted by Crippen LogP contribution is 2.28. The highest BCUT2D eigenvalue weighted by atomic mass is 16.5. The van der Waals surface area contributed by atoms with Gasteiger partial charge in [0.25, 0.3) is 0 Å². The summed E-state index contributed by atoms with van der Waals surface area (Å²) in [6.45, 7) is 0.902. The zero-order valence-corrected chi connectivity index (χ0v) is 16.3. The van der Waals surface area contributed by atoms with Gasteiger partial charge >= 0.3 is 5.76 Å². The molecule has 0 fully saturated rings. The lowest BCUT2D eigenvalue weighted by Crippen LogP contribution is -2.26. The number of carbonyl (C=O) groups is 1. The molecule has 1 amide bonds. The Hall–Kier alpha value is -3.22. The van der Waals surface area contributed by atoms with Gasteiger partial charge in [-0.3, -0.25) is 9.36 Å². The molecule has 1 heterocycles. The Bertz CT molecular complexity index is 1020. The molecule has 0 N–H and O–H groups in total. The number of oxazole rings is 1. The van der Waals surface area contributed by atoms with Gasteiger partial charge in [0.05, 0.1) is 19.7 Å². The summed E-state index contributed by atoms with van der Waals surface area (Å²) in [5.74, 6) is 0.896. The summed E-state index contributed by atoms with van der Waals surface area (Å²) in [5, 5.41) is 0. The lowest BCUT2D eigenvalue weighted by Gasteiger charge is -2.18. The van der Waals surface area contributed by atoms with Crippen LogP contribution >= 0.6 is 0 Å². The largest absolute Gasteiger partial charge is 0.493 e. The highest BCUT2D eigenvalue weighted by Gasteiger charge is 2.13. The standard InChI is InChI=1S/C21H24N2O5/c1-22(14-15-10-11-18(26-2)19(13-15)27-3)20(24)9-6-12-23-16-7-4-5-8-17(16)28-21(23)25/h4-5,7-8,10-11,13H,6,9,12,14H2,1-3H3. The summed E-state index contributed by atoms with van der Waals surface area (Å²) in [4.78, 5) is 26.1. The van der Waals surface area contributed by atoms with Gasteiger partial charge in [0, 0.05) is 26.6 Å². The van der Waals surface area contributed by atoms with E-state index in [0.29, 0.717) is 43.0 Å². The van der Waals surface area contributed by atoms with E-state index in [0.717, 1.165) is 11.1 Å². The Morgan fingerprint density at radius 1 is 1.11 bits per heavy atom. The second kappa shape index (κ2) is 8.65. The lowest BCUT2D eigenvalue weighted by atomic mass is 10.1. The molecule has 0 bridgehead atoms. The van der Waals surface area contributed by atoms with E-state index in [1.807, 2.05) is 36.4 Å². The maximum Gasteiger partial charge on any atom is 0.419 e. The van der Waals surface area contributed by atoms with Gasteiger partial charge in [-0.1, -0.05) is 18.2 Å². The fourth-order valence-electron chi connectivity index (χ4n) is 3.15. The first-order chi connectivity index (χ1) is 13.5. The predicted octanol–water partition coefficient (Wildman–Crippen LogP) is 3.05. The summed E-state index contributed by atoms with van der Waals surface area (Å²) >= 11 is 0. The normalized spacial score (nSPS) is 10.8. The molecule has 148 valence electrons. The highest BCUT2D eigenvalue weighted by molar-refractivity contribution is 5.76. The molecule has 7 heteroatoms. The third kappa shape index (κ3) is 4.19. The van der Waals surface area contributed by atoms with Gasteiger partial charge < -0.3 is 18.8 Å². The molecule has 0 aliphatic heterocycles. The van der Waals surface area contributed by atoms with Crippen molar-refractivity contribution in [3.63, 3.8) is 0 Å². The minimum atomic E-state index is -0.396. The van der Waals surface area contributed by atoms with E-state index in [9.17, 15) is 9.59 Å². The number of aromatic nitrogens is 1. The fourth-order valence-corrected chi connectivity index (χ4v) is 3.15. The van der Waals surface area contributed by atoms with Gasteiger partial charge in [-0.05, 0) is 36.2 Å². The average Bonchev–Trinajstić information content (AvgIpc) is 3.03. The van der Waals surface area contributed by atoms with Crippen molar-refractivity contribution in [2.75, 3.05) is 21.3 Å². The predicted molar refractivity (Wildman–Crippen MR) is 106 cm³/mol. The summed E-state index contributed by atoms with van der Waals surface area (Å²) in [6, 6.07) is 12.9. The molecule has 0 saturated heterocycles. The number of hydrogen-bond acceptors (Lipinski definition) is 5. The Balaban J connectivity index is 1.57. The molecule has 0 atom stereocenters. The van der Waals surface area contributed by atoms with Gasteiger partial charge in [-0.25, -0.2) is 4.79 Å². The van der Waals surface area contributed by atoms with Gasteiger partial charge in [0.15, 0.2) is 17.1 Å². The number of benzene rings is 2. The second-order valence-corrected chi connectivity index (χ2v) is 6.53. The molecular formula is C21H24N2O5. The maximum absolute atomic E-state index is 12.5. The Kier molecular flexibility index (Phi) is 6.03. The van der Waals surface area contributed by atoms with Crippen molar-refractivity contribution in [2.45, 2.75) is 25.9 Å². The van der Waals surface area contributed by atoms with E-state index >= 15 is 0 Å². The summed E-state index contributed by atoms with van der Waals surface area (Å²) in [7, 11) is 4.93. The van der Waals surface area contributed by atoms with Crippen LogP contribution in [0.5, 0.6) is 11.5 Å². The van der Waals surface area contributed by atoms with Crippen LogP contribution in [0.25, 0.3) is 11.1 Å². The van der Waals surface area contributed by atoms with Gasteiger partial charge in [0.2, 0.25) is 5.91 Å². The van der Waals surface area contributed by atoms with Crippen LogP contribution in [0.1, 0.15) is 18.4 Å². The number of amides is 1. The number of ether oxygens (including phenoxy) is 2. The molecule has 28 heavy (non-hydrogen) atoms. The number of aryl methyl sites for hydroxylation is 1. The molecule has 0 radical (unpaired) electrons. The van der Waals surface area contributed by atoms with Gasteiger partial charge in [-0.15, -0.1) is 0 Å². The van der Waals surface area contributed by atoms with Crippen molar-refractivity contribution in [3.05, 3.63) is 58.6 Å². The van der Waals surface area contributed by atoms with E-state index in [1.54, 1.807) is 36.8 Å². The number of fused-ring (bicyclic) bond motifs is 1. The quantitative estimate of drug-likeness (QED) is 0.597. The third-order valence-corrected chi connectivity index (χ3v) is 4.64. The molecule has 3 rings (SSSR count). The number of carbonyl (C=O) groups excluding carboxylic acids is 1. The van der Waals surface area contributed by atoms with Crippen molar-refractivity contribution >= 4 is 17.0 Å². The number of methoxy groups -OCH3 is 2. The van der Waals surface area contributed by atoms with E-state index in [1.165, 1.54) is 0 Å². The zero-order chi connectivity index (χ0) is 20.1. The molecule has 0 unspecified atom stereocenters. The Morgan fingerprint density at radius 2 is 1.86 bits per heavy atom. The van der Waals surface area contributed by atoms with Crippen LogP contribution in [-0.2, 0) is 17.9 Å². The van der Waals surface area contributed by atoms with E-state index in [2.05, 4.69) is 0 Å².